The highest BCUT2D eigenvalue weighted by Gasteiger charge is 2.31. The number of Topliss-reactive ketones (excluding diaryl/α,β-unsaturated/α-hetero) is 1. The molecule has 0 N–H and O–H groups in total. The van der Waals surface area contributed by atoms with Crippen molar-refractivity contribution in [1.29, 1.82) is 0 Å². The second kappa shape index (κ2) is 8.01. The molecule has 0 aromatic heterocycles. The summed E-state index contributed by atoms with van der Waals surface area (Å²) in [5, 5.41) is 0. The van der Waals surface area contributed by atoms with Gasteiger partial charge in [0.1, 0.15) is 11.6 Å². The molecule has 0 unspecified atom stereocenters. The van der Waals surface area contributed by atoms with Crippen LogP contribution in [0, 0.1) is 17.6 Å². The molecular weight excluding hydrogens is 356 g/mol. The maximum Gasteiger partial charge on any atom is 0.309 e. The molecule has 25 heavy (non-hydrogen) atoms. The Hall–Kier alpha value is -1.87. The first kappa shape index (κ1) is 19.5. The van der Waals surface area contributed by atoms with Crippen LogP contribution in [0.15, 0.2) is 18.2 Å². The van der Waals surface area contributed by atoms with Crippen LogP contribution in [0.4, 0.5) is 8.78 Å². The summed E-state index contributed by atoms with van der Waals surface area (Å²) in [5.41, 5.74) is -0.475. The fourth-order valence-electron chi connectivity index (χ4n) is 2.60. The molecule has 1 aromatic carbocycles. The highest BCUT2D eigenvalue weighted by atomic mass is 32.2. The Morgan fingerprint density at radius 3 is 2.48 bits per heavy atom. The van der Waals surface area contributed by atoms with E-state index in [0.717, 1.165) is 18.2 Å². The highest BCUT2D eigenvalue weighted by molar-refractivity contribution is 7.89. The van der Waals surface area contributed by atoms with E-state index in [-0.39, 0.29) is 18.8 Å². The van der Waals surface area contributed by atoms with Crippen molar-refractivity contribution >= 4 is 21.8 Å². The molecule has 1 aliphatic rings. The van der Waals surface area contributed by atoms with Crippen molar-refractivity contribution in [2.75, 3.05) is 25.4 Å². The number of carbonyl (C=O) groups is 2. The Labute approximate surface area is 144 Å². The van der Waals surface area contributed by atoms with Crippen molar-refractivity contribution < 1.29 is 31.5 Å². The molecule has 1 aromatic rings. The van der Waals surface area contributed by atoms with Crippen LogP contribution in [0.2, 0.25) is 0 Å². The number of esters is 1. The van der Waals surface area contributed by atoms with Crippen molar-refractivity contribution in [2.24, 2.45) is 5.92 Å². The Kier molecular flexibility index (Phi) is 6.23. The van der Waals surface area contributed by atoms with E-state index >= 15 is 0 Å². The Balaban J connectivity index is 1.87. The average Bonchev–Trinajstić information content (AvgIpc) is 2.61. The molecule has 1 fully saturated rings. The number of ether oxygens (including phenoxy) is 1. The maximum absolute atomic E-state index is 13.5. The predicted molar refractivity (Wildman–Crippen MR) is 85.4 cm³/mol. The van der Waals surface area contributed by atoms with Gasteiger partial charge in [0.25, 0.3) is 0 Å². The zero-order valence-electron chi connectivity index (χ0n) is 13.7. The summed E-state index contributed by atoms with van der Waals surface area (Å²) in [4.78, 5) is 23.9. The molecule has 0 saturated carbocycles. The third kappa shape index (κ3) is 4.82. The molecule has 9 heteroatoms. The molecule has 138 valence electrons. The van der Waals surface area contributed by atoms with E-state index in [1.54, 1.807) is 6.92 Å². The standard InChI is InChI=1S/C16H19F2NO5S/c1-2-25(22,23)19-7-5-11(6-8-19)16(21)24-10-15(20)13-9-12(17)3-4-14(13)18/h3-4,9,11H,2,5-8,10H2,1H3. The number of rotatable bonds is 6. The fourth-order valence-corrected chi connectivity index (χ4v) is 3.73. The van der Waals surface area contributed by atoms with E-state index in [2.05, 4.69) is 0 Å². The topological polar surface area (TPSA) is 80.8 Å². The number of halogens is 2. The monoisotopic (exact) mass is 375 g/mol. The number of sulfonamides is 1. The van der Waals surface area contributed by atoms with Crippen LogP contribution >= 0.6 is 0 Å². The summed E-state index contributed by atoms with van der Waals surface area (Å²) in [6.07, 6.45) is 0.584. The lowest BCUT2D eigenvalue weighted by Crippen LogP contribution is -2.41. The Morgan fingerprint density at radius 1 is 1.24 bits per heavy atom. The van der Waals surface area contributed by atoms with Gasteiger partial charge in [0.15, 0.2) is 6.61 Å². The minimum absolute atomic E-state index is 0.00415. The molecular formula is C16H19F2NO5S. The minimum Gasteiger partial charge on any atom is -0.457 e. The van der Waals surface area contributed by atoms with Crippen molar-refractivity contribution in [3.63, 3.8) is 0 Å². The van der Waals surface area contributed by atoms with Crippen LogP contribution < -0.4 is 0 Å². The van der Waals surface area contributed by atoms with E-state index in [1.165, 1.54) is 4.31 Å². The predicted octanol–water partition coefficient (Wildman–Crippen LogP) is 1.75. The molecule has 0 radical (unpaired) electrons. The van der Waals surface area contributed by atoms with Gasteiger partial charge < -0.3 is 4.74 Å². The fraction of sp³-hybridized carbons (Fsp3) is 0.500. The summed E-state index contributed by atoms with van der Waals surface area (Å²) in [6.45, 7) is 1.28. The number of benzene rings is 1. The number of piperidine rings is 1. The maximum atomic E-state index is 13.5. The molecule has 1 saturated heterocycles. The molecule has 0 bridgehead atoms. The molecule has 6 nitrogen and oxygen atoms in total. The van der Waals surface area contributed by atoms with Gasteiger partial charge >= 0.3 is 5.97 Å². The van der Waals surface area contributed by atoms with Crippen LogP contribution in [0.3, 0.4) is 0 Å². The second-order valence-electron chi connectivity index (χ2n) is 5.73. The van der Waals surface area contributed by atoms with Crippen LogP contribution in [0.5, 0.6) is 0 Å². The number of hydrogen-bond acceptors (Lipinski definition) is 5. The number of ketones is 1. The Bertz CT molecular complexity index is 758. The van der Waals surface area contributed by atoms with Crippen LogP contribution in [0.25, 0.3) is 0 Å². The van der Waals surface area contributed by atoms with Crippen molar-refractivity contribution in [3.05, 3.63) is 35.4 Å². The smallest absolute Gasteiger partial charge is 0.309 e. The zero-order valence-corrected chi connectivity index (χ0v) is 14.5. The number of nitrogens with zero attached hydrogens (tertiary/aromatic N) is 1. The molecule has 0 spiro atoms. The van der Waals surface area contributed by atoms with Crippen molar-refractivity contribution in [2.45, 2.75) is 19.8 Å². The van der Waals surface area contributed by atoms with Gasteiger partial charge in [-0.15, -0.1) is 0 Å². The van der Waals surface area contributed by atoms with Gasteiger partial charge in [0.05, 0.1) is 17.2 Å². The van der Waals surface area contributed by atoms with Gasteiger partial charge in [-0.05, 0) is 38.0 Å². The SMILES string of the molecule is CCS(=O)(=O)N1CCC(C(=O)OCC(=O)c2cc(F)ccc2F)CC1. The first-order chi connectivity index (χ1) is 11.7. The third-order valence-electron chi connectivity index (χ3n) is 4.12. The summed E-state index contributed by atoms with van der Waals surface area (Å²) < 4.78 is 56.3. The summed E-state index contributed by atoms with van der Waals surface area (Å²) >= 11 is 0. The molecule has 1 aliphatic heterocycles. The normalized spacial score (nSPS) is 16.6. The number of hydrogen-bond donors (Lipinski definition) is 0. The van der Waals surface area contributed by atoms with E-state index in [0.29, 0.717) is 12.8 Å². The first-order valence-electron chi connectivity index (χ1n) is 7.87. The summed E-state index contributed by atoms with van der Waals surface area (Å²) in [6, 6.07) is 2.46. The average molecular weight is 375 g/mol. The lowest BCUT2D eigenvalue weighted by Gasteiger charge is -2.29. The quantitative estimate of drug-likeness (QED) is 0.559. The molecule has 0 aliphatic carbocycles. The lowest BCUT2D eigenvalue weighted by atomic mass is 9.98. The largest absolute Gasteiger partial charge is 0.457 e. The Morgan fingerprint density at radius 2 is 1.88 bits per heavy atom. The zero-order chi connectivity index (χ0) is 18.6. The van der Waals surface area contributed by atoms with E-state index in [1.807, 2.05) is 0 Å². The van der Waals surface area contributed by atoms with E-state index < -0.39 is 51.5 Å². The van der Waals surface area contributed by atoms with Crippen molar-refractivity contribution in [3.8, 4) is 0 Å². The molecule has 0 atom stereocenters. The summed E-state index contributed by atoms with van der Waals surface area (Å²) in [5.74, 6) is -3.65. The van der Waals surface area contributed by atoms with E-state index in [4.69, 9.17) is 4.74 Å². The van der Waals surface area contributed by atoms with Gasteiger partial charge in [-0.3, -0.25) is 9.59 Å². The van der Waals surface area contributed by atoms with Gasteiger partial charge in [0.2, 0.25) is 15.8 Å². The molecule has 1 heterocycles. The molecule has 2 rings (SSSR count). The minimum atomic E-state index is -3.29. The van der Waals surface area contributed by atoms with Crippen LogP contribution in [0.1, 0.15) is 30.1 Å². The number of carbonyl (C=O) groups excluding carboxylic acids is 2. The first-order valence-corrected chi connectivity index (χ1v) is 9.48. The van der Waals surface area contributed by atoms with Crippen LogP contribution in [-0.4, -0.2) is 49.9 Å². The van der Waals surface area contributed by atoms with Gasteiger partial charge in [-0.25, -0.2) is 21.5 Å². The van der Waals surface area contributed by atoms with Gasteiger partial charge in [-0.2, -0.15) is 0 Å². The highest BCUT2D eigenvalue weighted by Crippen LogP contribution is 2.21. The third-order valence-corrected chi connectivity index (χ3v) is 6.00. The van der Waals surface area contributed by atoms with E-state index in [9.17, 15) is 26.8 Å². The summed E-state index contributed by atoms with van der Waals surface area (Å²) in [7, 11) is -3.29. The van der Waals surface area contributed by atoms with Crippen LogP contribution in [-0.2, 0) is 19.6 Å². The molecule has 0 amide bonds. The second-order valence-corrected chi connectivity index (χ2v) is 7.99. The van der Waals surface area contributed by atoms with Gasteiger partial charge in [0, 0.05) is 13.1 Å². The van der Waals surface area contributed by atoms with Crippen molar-refractivity contribution in [1.82, 2.24) is 4.31 Å². The van der Waals surface area contributed by atoms with Gasteiger partial charge in [-0.1, -0.05) is 0 Å². The lowest BCUT2D eigenvalue weighted by molar-refractivity contribution is -0.148.